The molecule has 0 unspecified atom stereocenters. The molecule has 3 heterocycles. The van der Waals surface area contributed by atoms with E-state index >= 15 is 0 Å². The zero-order valence-corrected chi connectivity index (χ0v) is 38.8. The fourth-order valence-electron chi connectivity index (χ4n) is 13.1. The standard InChI is InChI=1S/C68H41NO3/c1-4-18-53-47(15-1)51-40-45(34-37-55(51)67(53)57-20-6-11-25-62(57)71-63-26-12-7-21-58(63)67)69(44-32-29-42(30-33-44)43-31-36-50-49-17-3-10-24-61(49)70-66(50)39-43)46-35-38-56-52(41-46)48-16-2-5-19-54(48)68(56)59-22-8-13-27-64(59)72-65-28-14-9-23-60(65)68/h1-41H. The van der Waals surface area contributed by atoms with E-state index in [0.29, 0.717) is 0 Å². The molecule has 0 saturated heterocycles. The van der Waals surface area contributed by atoms with E-state index in [2.05, 4.69) is 241 Å². The number of benzene rings is 11. The van der Waals surface area contributed by atoms with Crippen LogP contribution in [-0.2, 0) is 10.8 Å². The molecule has 0 saturated carbocycles. The number of rotatable bonds is 4. The van der Waals surface area contributed by atoms with Gasteiger partial charge in [0.05, 0.1) is 10.8 Å². The summed E-state index contributed by atoms with van der Waals surface area (Å²) in [4.78, 5) is 2.44. The lowest BCUT2D eigenvalue weighted by molar-refractivity contribution is 0.436. The van der Waals surface area contributed by atoms with Crippen molar-refractivity contribution >= 4 is 39.0 Å². The molecule has 2 spiro atoms. The first kappa shape index (κ1) is 39.5. The van der Waals surface area contributed by atoms with Crippen molar-refractivity contribution in [3.63, 3.8) is 0 Å². The predicted octanol–water partition coefficient (Wildman–Crippen LogP) is 17.7. The number of hydrogen-bond donors (Lipinski definition) is 0. The van der Waals surface area contributed by atoms with Gasteiger partial charge in [0.15, 0.2) is 0 Å². The van der Waals surface area contributed by atoms with Crippen molar-refractivity contribution in [2.75, 3.05) is 4.90 Å². The number of para-hydroxylation sites is 5. The normalized spacial score (nSPS) is 14.3. The lowest BCUT2D eigenvalue weighted by atomic mass is 9.66. The van der Waals surface area contributed by atoms with Gasteiger partial charge in [-0.15, -0.1) is 0 Å². The summed E-state index contributed by atoms with van der Waals surface area (Å²) in [6.45, 7) is 0. The van der Waals surface area contributed by atoms with E-state index < -0.39 is 10.8 Å². The second kappa shape index (κ2) is 14.6. The van der Waals surface area contributed by atoms with Crippen molar-refractivity contribution in [2.45, 2.75) is 10.8 Å². The molecule has 0 bridgehead atoms. The van der Waals surface area contributed by atoms with Gasteiger partial charge in [-0.05, 0) is 134 Å². The average molecular weight is 920 g/mol. The second-order valence-corrected chi connectivity index (χ2v) is 19.4. The fourth-order valence-corrected chi connectivity index (χ4v) is 13.1. The molecule has 1 aromatic heterocycles. The zero-order valence-electron chi connectivity index (χ0n) is 38.8. The van der Waals surface area contributed by atoms with Crippen LogP contribution in [0.5, 0.6) is 23.0 Å². The maximum atomic E-state index is 6.67. The Morgan fingerprint density at radius 3 is 1.17 bits per heavy atom. The Morgan fingerprint density at radius 2 is 0.653 bits per heavy atom. The van der Waals surface area contributed by atoms with Gasteiger partial charge in [-0.3, -0.25) is 0 Å². The van der Waals surface area contributed by atoms with Gasteiger partial charge < -0.3 is 18.8 Å². The van der Waals surface area contributed by atoms with Crippen molar-refractivity contribution in [3.8, 4) is 56.4 Å². The summed E-state index contributed by atoms with van der Waals surface area (Å²) in [5, 5.41) is 2.25. The molecule has 4 aliphatic rings. The van der Waals surface area contributed by atoms with Crippen molar-refractivity contribution in [1.29, 1.82) is 0 Å². The van der Waals surface area contributed by atoms with Crippen LogP contribution >= 0.6 is 0 Å². The van der Waals surface area contributed by atoms with E-state index in [1.165, 1.54) is 44.5 Å². The first-order valence-electron chi connectivity index (χ1n) is 24.7. The molecule has 12 aromatic rings. The summed E-state index contributed by atoms with van der Waals surface area (Å²) in [5.74, 6) is 3.54. The van der Waals surface area contributed by atoms with Gasteiger partial charge in [-0.2, -0.15) is 0 Å². The number of ether oxygens (including phenoxy) is 2. The van der Waals surface area contributed by atoms with Crippen LogP contribution in [0.2, 0.25) is 0 Å². The van der Waals surface area contributed by atoms with Crippen LogP contribution in [0.25, 0.3) is 55.3 Å². The smallest absolute Gasteiger partial charge is 0.136 e. The highest BCUT2D eigenvalue weighted by atomic mass is 16.5. The maximum Gasteiger partial charge on any atom is 0.136 e. The average Bonchev–Trinajstić information content (AvgIpc) is 4.06. The zero-order chi connectivity index (χ0) is 47.1. The van der Waals surface area contributed by atoms with Crippen LogP contribution < -0.4 is 14.4 Å². The van der Waals surface area contributed by atoms with E-state index in [1.54, 1.807) is 0 Å². The largest absolute Gasteiger partial charge is 0.457 e. The minimum Gasteiger partial charge on any atom is -0.457 e. The van der Waals surface area contributed by atoms with E-state index in [1.807, 2.05) is 12.1 Å². The Hall–Kier alpha value is -9.38. The number of furan rings is 1. The molecular formula is C68H41NO3. The van der Waals surface area contributed by atoms with Crippen molar-refractivity contribution in [2.24, 2.45) is 0 Å². The Balaban J connectivity index is 0.911. The molecule has 336 valence electrons. The van der Waals surface area contributed by atoms with Gasteiger partial charge in [0, 0.05) is 50.1 Å². The second-order valence-electron chi connectivity index (χ2n) is 19.4. The summed E-state index contributed by atoms with van der Waals surface area (Å²) in [5.41, 5.74) is 20.5. The summed E-state index contributed by atoms with van der Waals surface area (Å²) < 4.78 is 19.7. The number of hydrogen-bond acceptors (Lipinski definition) is 4. The highest BCUT2D eigenvalue weighted by Gasteiger charge is 2.53. The van der Waals surface area contributed by atoms with Crippen LogP contribution in [0.15, 0.2) is 253 Å². The molecule has 0 amide bonds. The molecule has 16 rings (SSSR count). The number of anilines is 3. The van der Waals surface area contributed by atoms with Gasteiger partial charge in [-0.25, -0.2) is 0 Å². The Morgan fingerprint density at radius 1 is 0.264 bits per heavy atom. The van der Waals surface area contributed by atoms with Crippen LogP contribution in [0.4, 0.5) is 17.1 Å². The maximum absolute atomic E-state index is 6.67. The molecule has 4 heteroatoms. The summed E-state index contributed by atoms with van der Waals surface area (Å²) >= 11 is 0. The predicted molar refractivity (Wildman–Crippen MR) is 289 cm³/mol. The van der Waals surface area contributed by atoms with Crippen molar-refractivity contribution < 1.29 is 13.9 Å². The Labute approximate surface area is 416 Å². The van der Waals surface area contributed by atoms with E-state index in [0.717, 1.165) is 95.4 Å². The van der Waals surface area contributed by atoms with Gasteiger partial charge in [0.25, 0.3) is 0 Å². The minimum absolute atomic E-state index is 0.564. The van der Waals surface area contributed by atoms with Crippen LogP contribution in [0.1, 0.15) is 44.5 Å². The fraction of sp³-hybridized carbons (Fsp3) is 0.0294. The molecular weight excluding hydrogens is 879 g/mol. The molecule has 0 fully saturated rings. The molecule has 0 N–H and O–H groups in total. The first-order chi connectivity index (χ1) is 35.7. The molecule has 4 nitrogen and oxygen atoms in total. The summed E-state index contributed by atoms with van der Waals surface area (Å²) in [6.07, 6.45) is 0. The van der Waals surface area contributed by atoms with Crippen LogP contribution in [0, 0.1) is 0 Å². The van der Waals surface area contributed by atoms with Gasteiger partial charge >= 0.3 is 0 Å². The van der Waals surface area contributed by atoms with Crippen LogP contribution in [0.3, 0.4) is 0 Å². The highest BCUT2D eigenvalue weighted by Crippen LogP contribution is 2.64. The van der Waals surface area contributed by atoms with E-state index in [-0.39, 0.29) is 0 Å². The molecule has 2 aliphatic carbocycles. The molecule has 11 aromatic carbocycles. The summed E-state index contributed by atoms with van der Waals surface area (Å²) in [7, 11) is 0. The third kappa shape index (κ3) is 5.15. The number of nitrogens with zero attached hydrogens (tertiary/aromatic N) is 1. The molecule has 0 radical (unpaired) electrons. The van der Waals surface area contributed by atoms with Gasteiger partial charge in [0.1, 0.15) is 34.2 Å². The quantitative estimate of drug-likeness (QED) is 0.176. The molecule has 0 atom stereocenters. The highest BCUT2D eigenvalue weighted by molar-refractivity contribution is 6.06. The molecule has 72 heavy (non-hydrogen) atoms. The Kier molecular flexibility index (Phi) is 7.99. The lowest BCUT2D eigenvalue weighted by Crippen LogP contribution is -2.32. The van der Waals surface area contributed by atoms with Crippen molar-refractivity contribution in [3.05, 3.63) is 293 Å². The lowest BCUT2D eigenvalue weighted by Gasteiger charge is -2.39. The van der Waals surface area contributed by atoms with Gasteiger partial charge in [0.2, 0.25) is 0 Å². The Bertz CT molecular complexity index is 3970. The first-order valence-corrected chi connectivity index (χ1v) is 24.7. The van der Waals surface area contributed by atoms with E-state index in [4.69, 9.17) is 13.9 Å². The van der Waals surface area contributed by atoms with Crippen molar-refractivity contribution in [1.82, 2.24) is 0 Å². The summed E-state index contributed by atoms with van der Waals surface area (Å²) in [6, 6.07) is 90.2. The topological polar surface area (TPSA) is 34.8 Å². The van der Waals surface area contributed by atoms with E-state index in [9.17, 15) is 0 Å². The SMILES string of the molecule is c1ccc2c(c1)Oc1ccccc1C21c2ccccc2-c2cc(N(c3ccc(-c4ccc5c(c4)oc4ccccc45)cc3)c3ccc4c(c3)-c3ccccc3C43c4ccccc4Oc4ccccc43)ccc21. The monoisotopic (exact) mass is 919 g/mol. The molecule has 2 aliphatic heterocycles. The van der Waals surface area contributed by atoms with Gasteiger partial charge in [-0.1, -0.05) is 170 Å². The number of fused-ring (bicyclic) bond motifs is 21. The van der Waals surface area contributed by atoms with Crippen LogP contribution in [-0.4, -0.2) is 0 Å². The third-order valence-corrected chi connectivity index (χ3v) is 16.0. The minimum atomic E-state index is -0.564. The third-order valence-electron chi connectivity index (χ3n) is 16.0.